The Balaban J connectivity index is 0.000000187. The summed E-state index contributed by atoms with van der Waals surface area (Å²) in [6.45, 7) is 0. The summed E-state index contributed by atoms with van der Waals surface area (Å²) in [5, 5.41) is 0. The van der Waals surface area contributed by atoms with E-state index >= 15 is 0 Å². The second-order valence-electron chi connectivity index (χ2n) is 1.25. The van der Waals surface area contributed by atoms with Crippen LogP contribution in [0, 0.1) is 0 Å². The smallest absolute Gasteiger partial charge is 0.387 e. The Hall–Kier alpha value is -1.12. The van der Waals surface area contributed by atoms with Crippen LogP contribution >= 0.6 is 0 Å². The summed E-state index contributed by atoms with van der Waals surface area (Å²) in [4.78, 5) is 8.12. The molecule has 0 radical (unpaired) electrons. The molecule has 0 saturated heterocycles. The SMILES string of the molecule is C1=CONC=N1.O=S(=O)(O)O. The van der Waals surface area contributed by atoms with E-state index in [4.69, 9.17) is 17.5 Å². The third kappa shape index (κ3) is 17.7. The number of aliphatic imine (C=N–C) groups is 1. The van der Waals surface area contributed by atoms with E-state index in [0.717, 1.165) is 0 Å². The number of hydrogen-bond acceptors (Lipinski definition) is 5. The molecule has 0 bridgehead atoms. The second-order valence-corrected chi connectivity index (χ2v) is 2.14. The third-order valence-corrected chi connectivity index (χ3v) is 0.410. The highest BCUT2D eigenvalue weighted by Crippen LogP contribution is 1.76. The van der Waals surface area contributed by atoms with E-state index in [-0.39, 0.29) is 0 Å². The first-order valence-electron chi connectivity index (χ1n) is 2.28. The monoisotopic (exact) mass is 182 g/mol. The molecule has 0 saturated carbocycles. The molecule has 0 amide bonds. The van der Waals surface area contributed by atoms with E-state index in [9.17, 15) is 0 Å². The van der Waals surface area contributed by atoms with Crippen molar-refractivity contribution in [1.82, 2.24) is 5.48 Å². The summed E-state index contributed by atoms with van der Waals surface area (Å²) in [6.07, 6.45) is 4.47. The fourth-order valence-electron chi connectivity index (χ4n) is 0.209. The molecule has 1 heterocycles. The zero-order valence-electron chi connectivity index (χ0n) is 5.21. The number of rotatable bonds is 0. The Bertz CT molecular complexity index is 222. The molecule has 7 nitrogen and oxygen atoms in total. The standard InChI is InChI=1S/C3H4N2O.H2O4S/c1-2-6-5-3-4-1;1-5(2,3)4/h1-3H,(H,4,5);(H2,1,2,3,4). The van der Waals surface area contributed by atoms with E-state index < -0.39 is 10.4 Å². The molecule has 0 aromatic carbocycles. The maximum Gasteiger partial charge on any atom is 0.394 e. The van der Waals surface area contributed by atoms with Gasteiger partial charge < -0.3 is 4.84 Å². The summed E-state index contributed by atoms with van der Waals surface area (Å²) in [6, 6.07) is 0. The first kappa shape index (κ1) is 9.88. The molecule has 0 spiro atoms. The van der Waals surface area contributed by atoms with Crippen molar-refractivity contribution in [1.29, 1.82) is 0 Å². The molecule has 0 aliphatic carbocycles. The Morgan fingerprint density at radius 3 is 2.09 bits per heavy atom. The molecular weight excluding hydrogens is 176 g/mol. The zero-order chi connectivity index (χ0) is 8.74. The van der Waals surface area contributed by atoms with Crippen LogP contribution in [0.25, 0.3) is 0 Å². The van der Waals surface area contributed by atoms with Gasteiger partial charge in [-0.15, -0.1) is 0 Å². The summed E-state index contributed by atoms with van der Waals surface area (Å²) in [7, 11) is -4.67. The summed E-state index contributed by atoms with van der Waals surface area (Å²) < 4.78 is 31.6. The zero-order valence-corrected chi connectivity index (χ0v) is 6.02. The molecule has 0 aromatic heterocycles. The molecule has 8 heteroatoms. The van der Waals surface area contributed by atoms with Crippen molar-refractivity contribution in [3.63, 3.8) is 0 Å². The van der Waals surface area contributed by atoms with Gasteiger partial charge in [-0.05, 0) is 0 Å². The Kier molecular flexibility index (Phi) is 4.18. The highest BCUT2D eigenvalue weighted by molar-refractivity contribution is 7.79. The van der Waals surface area contributed by atoms with Crippen LogP contribution in [0.5, 0.6) is 0 Å². The third-order valence-electron chi connectivity index (χ3n) is 0.410. The molecule has 1 rings (SSSR count). The predicted molar refractivity (Wildman–Crippen MR) is 36.0 cm³/mol. The maximum atomic E-state index is 8.74. The molecule has 11 heavy (non-hydrogen) atoms. The van der Waals surface area contributed by atoms with Crippen LogP contribution in [0.15, 0.2) is 17.5 Å². The second kappa shape index (κ2) is 4.66. The molecule has 3 N–H and O–H groups in total. The Morgan fingerprint density at radius 1 is 1.45 bits per heavy atom. The van der Waals surface area contributed by atoms with Crippen LogP contribution in [0.4, 0.5) is 0 Å². The van der Waals surface area contributed by atoms with Gasteiger partial charge in [-0.3, -0.25) is 9.11 Å². The quantitative estimate of drug-likeness (QED) is 0.430. The topological polar surface area (TPSA) is 108 Å². The van der Waals surface area contributed by atoms with E-state index in [1.54, 1.807) is 6.20 Å². The van der Waals surface area contributed by atoms with Crippen LogP contribution in [0.2, 0.25) is 0 Å². The lowest BCUT2D eigenvalue weighted by Gasteiger charge is -1.96. The molecular formula is C3H6N2O5S. The number of hydrogen-bond donors (Lipinski definition) is 3. The molecule has 1 aliphatic rings. The summed E-state index contributed by atoms with van der Waals surface area (Å²) in [5.41, 5.74) is 2.41. The van der Waals surface area contributed by atoms with E-state index in [1.807, 2.05) is 0 Å². The van der Waals surface area contributed by atoms with Gasteiger partial charge in [0.25, 0.3) is 0 Å². The highest BCUT2D eigenvalue weighted by atomic mass is 32.3. The van der Waals surface area contributed by atoms with E-state index in [2.05, 4.69) is 15.3 Å². The van der Waals surface area contributed by atoms with Crippen molar-refractivity contribution in [2.24, 2.45) is 4.99 Å². The lowest BCUT2D eigenvalue weighted by atomic mass is 10.9. The molecule has 0 atom stereocenters. The maximum absolute atomic E-state index is 8.74. The van der Waals surface area contributed by atoms with Gasteiger partial charge in [-0.2, -0.15) is 8.42 Å². The van der Waals surface area contributed by atoms with E-state index in [1.165, 1.54) is 12.6 Å². The van der Waals surface area contributed by atoms with Gasteiger partial charge in [-0.25, -0.2) is 10.5 Å². The highest BCUT2D eigenvalue weighted by Gasteiger charge is 1.84. The molecule has 0 fully saturated rings. The van der Waals surface area contributed by atoms with Gasteiger partial charge in [0, 0.05) is 0 Å². The fraction of sp³-hybridized carbons (Fsp3) is 0. The van der Waals surface area contributed by atoms with Crippen molar-refractivity contribution in [3.05, 3.63) is 12.5 Å². The van der Waals surface area contributed by atoms with Gasteiger partial charge in [0.05, 0.1) is 6.20 Å². The van der Waals surface area contributed by atoms with Crippen molar-refractivity contribution < 1.29 is 22.4 Å². The lowest BCUT2D eigenvalue weighted by molar-refractivity contribution is 0.193. The first-order valence-corrected chi connectivity index (χ1v) is 3.67. The Labute approximate surface area is 62.9 Å². The van der Waals surface area contributed by atoms with Gasteiger partial charge in [0.1, 0.15) is 12.6 Å². The van der Waals surface area contributed by atoms with Crippen LogP contribution in [0.1, 0.15) is 0 Å². The molecule has 0 unspecified atom stereocenters. The van der Waals surface area contributed by atoms with Crippen molar-refractivity contribution >= 4 is 16.7 Å². The minimum Gasteiger partial charge on any atom is -0.387 e. The predicted octanol–water partition coefficient (Wildman–Crippen LogP) is -0.632. The Morgan fingerprint density at radius 2 is 2.00 bits per heavy atom. The number of nitrogens with zero attached hydrogens (tertiary/aromatic N) is 1. The number of nitrogens with one attached hydrogen (secondary N) is 1. The normalized spacial score (nSPS) is 14.0. The van der Waals surface area contributed by atoms with E-state index in [0.29, 0.717) is 0 Å². The van der Waals surface area contributed by atoms with Gasteiger partial charge in [0.15, 0.2) is 0 Å². The minimum absolute atomic E-state index is 1.46. The first-order chi connectivity index (χ1) is 5.00. The number of hydroxylamine groups is 1. The molecule has 0 aromatic rings. The summed E-state index contributed by atoms with van der Waals surface area (Å²) in [5.74, 6) is 0. The molecule has 1 aliphatic heterocycles. The van der Waals surface area contributed by atoms with Gasteiger partial charge >= 0.3 is 10.4 Å². The van der Waals surface area contributed by atoms with Crippen LogP contribution < -0.4 is 5.48 Å². The minimum atomic E-state index is -4.67. The molecule has 64 valence electrons. The van der Waals surface area contributed by atoms with Crippen LogP contribution in [-0.2, 0) is 15.2 Å². The largest absolute Gasteiger partial charge is 0.394 e. The average Bonchev–Trinajstić information content (AvgIpc) is 1.88. The van der Waals surface area contributed by atoms with Crippen molar-refractivity contribution in [3.8, 4) is 0 Å². The van der Waals surface area contributed by atoms with Crippen molar-refractivity contribution in [2.75, 3.05) is 0 Å². The van der Waals surface area contributed by atoms with Gasteiger partial charge in [0.2, 0.25) is 0 Å². The fourth-order valence-corrected chi connectivity index (χ4v) is 0.209. The van der Waals surface area contributed by atoms with Gasteiger partial charge in [-0.1, -0.05) is 0 Å². The van der Waals surface area contributed by atoms with Crippen molar-refractivity contribution in [2.45, 2.75) is 0 Å². The van der Waals surface area contributed by atoms with Crippen LogP contribution in [0.3, 0.4) is 0 Å². The average molecular weight is 182 g/mol. The lowest BCUT2D eigenvalue weighted by Crippen LogP contribution is -2.08. The summed E-state index contributed by atoms with van der Waals surface area (Å²) >= 11 is 0. The van der Waals surface area contributed by atoms with Crippen LogP contribution in [-0.4, -0.2) is 23.9 Å².